The maximum Gasteiger partial charge on any atom is 0.336 e. The van der Waals surface area contributed by atoms with Crippen LogP contribution in [0.25, 0.3) is 0 Å². The molecular formula is C26H31NO6. The minimum Gasteiger partial charge on any atom is -0.497 e. The average Bonchev–Trinajstić information content (AvgIpc) is 2.79. The van der Waals surface area contributed by atoms with Gasteiger partial charge in [-0.2, -0.15) is 0 Å². The summed E-state index contributed by atoms with van der Waals surface area (Å²) in [5.41, 5.74) is 0.753. The number of rotatable bonds is 8. The zero-order valence-electron chi connectivity index (χ0n) is 19.5. The molecule has 0 aromatic heterocycles. The Morgan fingerprint density at radius 3 is 2.24 bits per heavy atom. The van der Waals surface area contributed by atoms with Crippen molar-refractivity contribution in [1.82, 2.24) is 0 Å². The van der Waals surface area contributed by atoms with Gasteiger partial charge < -0.3 is 24.6 Å². The molecule has 0 radical (unpaired) electrons. The highest BCUT2D eigenvalue weighted by molar-refractivity contribution is 5.94. The molecule has 1 aliphatic rings. The number of aliphatic hydroxyl groups is 1. The standard InChI is InChI=1S/C26H31NO6/c1-5-32-24(28)22-20(27-18-10-8-7-9-11-18)16-26(3,30)23(25(29)33-6-2)21(22)17-12-14-19(31-4)15-13-17/h7-15,21,23,27,30H,5-6,16H2,1-4H3/t21-,23+,26+/m1/s1. The van der Waals surface area contributed by atoms with Gasteiger partial charge in [-0.1, -0.05) is 30.3 Å². The third kappa shape index (κ3) is 5.37. The van der Waals surface area contributed by atoms with E-state index in [4.69, 9.17) is 14.2 Å². The third-order valence-corrected chi connectivity index (χ3v) is 5.75. The number of hydrogen-bond donors (Lipinski definition) is 2. The van der Waals surface area contributed by atoms with Gasteiger partial charge in [0.25, 0.3) is 0 Å². The number of carbonyl (C=O) groups excluding carboxylic acids is 2. The molecule has 1 aliphatic carbocycles. The fourth-order valence-electron chi connectivity index (χ4n) is 4.34. The Morgan fingerprint density at radius 1 is 1.03 bits per heavy atom. The zero-order chi connectivity index (χ0) is 24.0. The number of methoxy groups -OCH3 is 1. The Kier molecular flexibility index (Phi) is 7.76. The maximum atomic E-state index is 13.3. The van der Waals surface area contributed by atoms with E-state index in [1.807, 2.05) is 30.3 Å². The molecule has 3 atom stereocenters. The summed E-state index contributed by atoms with van der Waals surface area (Å²) in [5.74, 6) is -2.26. The lowest BCUT2D eigenvalue weighted by molar-refractivity contribution is -0.159. The first-order valence-corrected chi connectivity index (χ1v) is 11.1. The number of esters is 2. The van der Waals surface area contributed by atoms with Gasteiger partial charge in [0.15, 0.2) is 0 Å². The Balaban J connectivity index is 2.23. The van der Waals surface area contributed by atoms with Crippen LogP contribution in [-0.4, -0.2) is 43.0 Å². The van der Waals surface area contributed by atoms with Gasteiger partial charge in [-0.15, -0.1) is 0 Å². The number of anilines is 1. The number of carbonyl (C=O) groups is 2. The van der Waals surface area contributed by atoms with Gasteiger partial charge in [-0.3, -0.25) is 4.79 Å². The molecule has 0 saturated carbocycles. The summed E-state index contributed by atoms with van der Waals surface area (Å²) in [5, 5.41) is 14.8. The summed E-state index contributed by atoms with van der Waals surface area (Å²) in [4.78, 5) is 26.4. The van der Waals surface area contributed by atoms with E-state index < -0.39 is 29.4 Å². The molecule has 7 heteroatoms. The molecule has 176 valence electrons. The van der Waals surface area contributed by atoms with E-state index in [1.54, 1.807) is 52.1 Å². The molecule has 33 heavy (non-hydrogen) atoms. The smallest absolute Gasteiger partial charge is 0.336 e. The van der Waals surface area contributed by atoms with E-state index in [2.05, 4.69) is 5.32 Å². The first-order chi connectivity index (χ1) is 15.8. The fourth-order valence-corrected chi connectivity index (χ4v) is 4.34. The van der Waals surface area contributed by atoms with Crippen LogP contribution in [-0.2, 0) is 19.1 Å². The minimum atomic E-state index is -1.48. The molecule has 0 fully saturated rings. The van der Waals surface area contributed by atoms with Crippen molar-refractivity contribution in [2.75, 3.05) is 25.6 Å². The van der Waals surface area contributed by atoms with E-state index in [0.29, 0.717) is 22.6 Å². The summed E-state index contributed by atoms with van der Waals surface area (Å²) in [6.07, 6.45) is 0.0478. The molecule has 2 aromatic carbocycles. The average molecular weight is 454 g/mol. The topological polar surface area (TPSA) is 94.1 Å². The van der Waals surface area contributed by atoms with Crippen molar-refractivity contribution in [1.29, 1.82) is 0 Å². The summed E-state index contributed by atoms with van der Waals surface area (Å²) in [6, 6.07) is 16.5. The van der Waals surface area contributed by atoms with Crippen LogP contribution in [0.5, 0.6) is 5.75 Å². The molecule has 0 aliphatic heterocycles. The SMILES string of the molecule is CCOC(=O)C1=C(Nc2ccccc2)C[C@](C)(O)[C@H](C(=O)OCC)[C@@H]1c1ccc(OC)cc1. The first-order valence-electron chi connectivity index (χ1n) is 11.1. The number of para-hydroxylation sites is 1. The normalized spacial score (nSPS) is 22.5. The van der Waals surface area contributed by atoms with Crippen LogP contribution >= 0.6 is 0 Å². The highest BCUT2D eigenvalue weighted by atomic mass is 16.5. The molecule has 2 N–H and O–H groups in total. The van der Waals surface area contributed by atoms with Crippen LogP contribution < -0.4 is 10.1 Å². The molecular weight excluding hydrogens is 422 g/mol. The van der Waals surface area contributed by atoms with Gasteiger partial charge in [0.05, 0.1) is 37.4 Å². The quantitative estimate of drug-likeness (QED) is 0.583. The molecule has 2 aromatic rings. The van der Waals surface area contributed by atoms with Gasteiger partial charge in [-0.05, 0) is 50.6 Å². The number of nitrogens with one attached hydrogen (secondary N) is 1. The van der Waals surface area contributed by atoms with E-state index in [0.717, 1.165) is 5.69 Å². The fraction of sp³-hybridized carbons (Fsp3) is 0.385. The van der Waals surface area contributed by atoms with Crippen LogP contribution in [0.2, 0.25) is 0 Å². The van der Waals surface area contributed by atoms with Gasteiger partial charge in [-0.25, -0.2) is 4.79 Å². The Hall–Kier alpha value is -3.32. The lowest BCUT2D eigenvalue weighted by Gasteiger charge is -2.43. The summed E-state index contributed by atoms with van der Waals surface area (Å²) < 4.78 is 16.0. The van der Waals surface area contributed by atoms with Crippen molar-refractivity contribution in [3.8, 4) is 5.75 Å². The maximum absolute atomic E-state index is 13.3. The van der Waals surface area contributed by atoms with Crippen LogP contribution in [0.4, 0.5) is 5.69 Å². The molecule has 0 saturated heterocycles. The summed E-state index contributed by atoms with van der Waals surface area (Å²) in [7, 11) is 1.56. The van der Waals surface area contributed by atoms with Gasteiger partial charge in [0, 0.05) is 23.7 Å². The molecule has 3 rings (SSSR count). The van der Waals surface area contributed by atoms with Crippen molar-refractivity contribution in [2.45, 2.75) is 38.7 Å². The Bertz CT molecular complexity index is 997. The zero-order valence-corrected chi connectivity index (χ0v) is 19.5. The van der Waals surface area contributed by atoms with E-state index in [1.165, 1.54) is 0 Å². The number of hydrogen-bond acceptors (Lipinski definition) is 7. The van der Waals surface area contributed by atoms with Crippen molar-refractivity contribution < 1.29 is 28.9 Å². The van der Waals surface area contributed by atoms with Crippen molar-refractivity contribution in [2.24, 2.45) is 5.92 Å². The highest BCUT2D eigenvalue weighted by Crippen LogP contribution is 2.48. The largest absolute Gasteiger partial charge is 0.497 e. The molecule has 0 amide bonds. The predicted molar refractivity (Wildman–Crippen MR) is 125 cm³/mol. The monoisotopic (exact) mass is 453 g/mol. The van der Waals surface area contributed by atoms with Crippen LogP contribution in [0.3, 0.4) is 0 Å². The van der Waals surface area contributed by atoms with E-state index in [9.17, 15) is 14.7 Å². The lowest BCUT2D eigenvalue weighted by atomic mass is 9.65. The summed E-state index contributed by atoms with van der Waals surface area (Å²) >= 11 is 0. The lowest BCUT2D eigenvalue weighted by Crippen LogP contribution is -2.49. The molecule has 7 nitrogen and oxygen atoms in total. The third-order valence-electron chi connectivity index (χ3n) is 5.75. The van der Waals surface area contributed by atoms with Gasteiger partial charge in [0.1, 0.15) is 5.75 Å². The van der Waals surface area contributed by atoms with Gasteiger partial charge >= 0.3 is 11.9 Å². The molecule has 0 bridgehead atoms. The first kappa shape index (κ1) is 24.3. The second-order valence-corrected chi connectivity index (χ2v) is 8.12. The van der Waals surface area contributed by atoms with E-state index in [-0.39, 0.29) is 19.6 Å². The van der Waals surface area contributed by atoms with Crippen molar-refractivity contribution in [3.05, 3.63) is 71.4 Å². The second kappa shape index (κ2) is 10.5. The van der Waals surface area contributed by atoms with Crippen molar-refractivity contribution in [3.63, 3.8) is 0 Å². The molecule has 0 unspecified atom stereocenters. The van der Waals surface area contributed by atoms with Crippen LogP contribution in [0.15, 0.2) is 65.9 Å². The molecule has 0 heterocycles. The Labute approximate surface area is 194 Å². The summed E-state index contributed by atoms with van der Waals surface area (Å²) in [6.45, 7) is 5.38. The van der Waals surface area contributed by atoms with Crippen LogP contribution in [0, 0.1) is 5.92 Å². The molecule has 0 spiro atoms. The number of benzene rings is 2. The second-order valence-electron chi connectivity index (χ2n) is 8.12. The Morgan fingerprint density at radius 2 is 1.67 bits per heavy atom. The van der Waals surface area contributed by atoms with Crippen LogP contribution in [0.1, 0.15) is 38.7 Å². The predicted octanol–water partition coefficient (Wildman–Crippen LogP) is 4.04. The van der Waals surface area contributed by atoms with E-state index >= 15 is 0 Å². The minimum absolute atomic E-state index is 0.0478. The van der Waals surface area contributed by atoms with Crippen molar-refractivity contribution >= 4 is 17.6 Å². The highest BCUT2D eigenvalue weighted by Gasteiger charge is 2.52. The number of ether oxygens (including phenoxy) is 3. The van der Waals surface area contributed by atoms with Gasteiger partial charge in [0.2, 0.25) is 0 Å².